The van der Waals surface area contributed by atoms with Gasteiger partial charge in [0.1, 0.15) is 5.82 Å². The maximum Gasteiger partial charge on any atom is 0.315 e. The van der Waals surface area contributed by atoms with Gasteiger partial charge in [-0.05, 0) is 36.2 Å². The van der Waals surface area contributed by atoms with E-state index < -0.39 is 17.8 Å². The number of rotatable bonds is 8. The molecule has 2 aromatic carbocycles. The average Bonchev–Trinajstić information content (AvgIpc) is 2.63. The standard InChI is InChI=1S/C20H22FN3O4/c1-13(23-20(28)22-10-9-19(26)27)14-6-4-7-16(11-14)24-18(25)12-15-5-2-3-8-17(15)21/h2-8,11,13H,9-10,12H2,1H3,(H,24,25)(H,26,27)(H2,22,23,28). The number of hydrogen-bond donors (Lipinski definition) is 4. The molecule has 2 rings (SSSR count). The summed E-state index contributed by atoms with van der Waals surface area (Å²) in [4.78, 5) is 34.4. The van der Waals surface area contributed by atoms with Crippen LogP contribution in [0.5, 0.6) is 0 Å². The summed E-state index contributed by atoms with van der Waals surface area (Å²) in [5.41, 5.74) is 1.58. The summed E-state index contributed by atoms with van der Waals surface area (Å²) in [7, 11) is 0. The number of nitrogens with one attached hydrogen (secondary N) is 3. The number of aliphatic carboxylic acids is 1. The Kier molecular flexibility index (Phi) is 7.50. The van der Waals surface area contributed by atoms with E-state index in [1.807, 2.05) is 0 Å². The third-order valence-corrected chi connectivity index (χ3v) is 3.95. The Hall–Kier alpha value is -3.42. The Morgan fingerprint density at radius 3 is 2.57 bits per heavy atom. The van der Waals surface area contributed by atoms with Gasteiger partial charge in [0.2, 0.25) is 5.91 Å². The van der Waals surface area contributed by atoms with E-state index in [-0.39, 0.29) is 31.3 Å². The number of benzene rings is 2. The van der Waals surface area contributed by atoms with Crippen molar-refractivity contribution in [3.05, 3.63) is 65.5 Å². The molecule has 0 radical (unpaired) electrons. The first-order chi connectivity index (χ1) is 13.3. The molecule has 7 nitrogen and oxygen atoms in total. The molecule has 0 aromatic heterocycles. The molecule has 3 amide bonds. The van der Waals surface area contributed by atoms with Gasteiger partial charge in [0, 0.05) is 12.2 Å². The van der Waals surface area contributed by atoms with Crippen LogP contribution in [0, 0.1) is 5.82 Å². The van der Waals surface area contributed by atoms with E-state index in [0.717, 1.165) is 5.56 Å². The predicted octanol–water partition coefficient (Wildman–Crippen LogP) is 2.84. The molecule has 0 aliphatic carbocycles. The number of anilines is 1. The van der Waals surface area contributed by atoms with Crippen LogP contribution in [0.1, 0.15) is 30.5 Å². The number of carboxylic acids is 1. The van der Waals surface area contributed by atoms with Crippen LogP contribution in [0.15, 0.2) is 48.5 Å². The monoisotopic (exact) mass is 387 g/mol. The number of amides is 3. The van der Waals surface area contributed by atoms with E-state index in [1.165, 1.54) is 6.07 Å². The van der Waals surface area contributed by atoms with Gasteiger partial charge < -0.3 is 21.1 Å². The molecule has 1 atom stereocenters. The van der Waals surface area contributed by atoms with E-state index in [0.29, 0.717) is 11.3 Å². The van der Waals surface area contributed by atoms with Crippen LogP contribution in [0.2, 0.25) is 0 Å². The summed E-state index contributed by atoms with van der Waals surface area (Å²) in [5.74, 6) is -1.78. The highest BCUT2D eigenvalue weighted by Crippen LogP contribution is 2.18. The maximum atomic E-state index is 13.7. The van der Waals surface area contributed by atoms with Crippen LogP contribution in [-0.4, -0.2) is 29.6 Å². The molecular formula is C20H22FN3O4. The highest BCUT2D eigenvalue weighted by atomic mass is 19.1. The van der Waals surface area contributed by atoms with Gasteiger partial charge in [0.25, 0.3) is 0 Å². The van der Waals surface area contributed by atoms with E-state index in [2.05, 4.69) is 16.0 Å². The molecule has 0 saturated heterocycles. The summed E-state index contributed by atoms with van der Waals surface area (Å²) in [6.07, 6.45) is -0.248. The summed E-state index contributed by atoms with van der Waals surface area (Å²) in [6, 6.07) is 12.2. The SMILES string of the molecule is CC(NC(=O)NCCC(=O)O)c1cccc(NC(=O)Cc2ccccc2F)c1. The summed E-state index contributed by atoms with van der Waals surface area (Å²) < 4.78 is 13.7. The molecule has 0 spiro atoms. The normalized spacial score (nSPS) is 11.4. The van der Waals surface area contributed by atoms with Crippen molar-refractivity contribution >= 4 is 23.6 Å². The fourth-order valence-electron chi connectivity index (χ4n) is 2.52. The van der Waals surface area contributed by atoms with E-state index in [9.17, 15) is 18.8 Å². The highest BCUT2D eigenvalue weighted by Gasteiger charge is 2.12. The van der Waals surface area contributed by atoms with Crippen molar-refractivity contribution in [3.8, 4) is 0 Å². The Balaban J connectivity index is 1.91. The number of halogens is 1. The van der Waals surface area contributed by atoms with Gasteiger partial charge in [-0.15, -0.1) is 0 Å². The zero-order valence-electron chi connectivity index (χ0n) is 15.4. The molecule has 0 heterocycles. The molecule has 2 aromatic rings. The third-order valence-electron chi connectivity index (χ3n) is 3.95. The molecule has 8 heteroatoms. The quantitative estimate of drug-likeness (QED) is 0.559. The molecule has 1 unspecified atom stereocenters. The molecule has 0 saturated carbocycles. The smallest absolute Gasteiger partial charge is 0.315 e. The molecule has 28 heavy (non-hydrogen) atoms. The molecule has 148 valence electrons. The second kappa shape index (κ2) is 10.1. The van der Waals surface area contributed by atoms with Gasteiger partial charge >= 0.3 is 12.0 Å². The Morgan fingerprint density at radius 2 is 1.86 bits per heavy atom. The number of carbonyl (C=O) groups is 3. The first-order valence-corrected chi connectivity index (χ1v) is 8.74. The predicted molar refractivity (Wildman–Crippen MR) is 102 cm³/mol. The van der Waals surface area contributed by atoms with Gasteiger partial charge in [-0.1, -0.05) is 30.3 Å². The molecule has 0 aliphatic heterocycles. The van der Waals surface area contributed by atoms with Crippen LogP contribution in [0.4, 0.5) is 14.9 Å². The third kappa shape index (κ3) is 6.71. The van der Waals surface area contributed by atoms with Gasteiger partial charge in [0.05, 0.1) is 18.9 Å². The lowest BCUT2D eigenvalue weighted by atomic mass is 10.1. The van der Waals surface area contributed by atoms with E-state index in [1.54, 1.807) is 49.4 Å². The van der Waals surface area contributed by atoms with E-state index in [4.69, 9.17) is 5.11 Å². The lowest BCUT2D eigenvalue weighted by Crippen LogP contribution is -2.38. The van der Waals surface area contributed by atoms with Crippen molar-refractivity contribution in [2.45, 2.75) is 25.8 Å². The van der Waals surface area contributed by atoms with Crippen LogP contribution in [0.25, 0.3) is 0 Å². The number of carbonyl (C=O) groups excluding carboxylic acids is 2. The van der Waals surface area contributed by atoms with Gasteiger partial charge in [-0.3, -0.25) is 9.59 Å². The van der Waals surface area contributed by atoms with Gasteiger partial charge in [-0.25, -0.2) is 9.18 Å². The van der Waals surface area contributed by atoms with Crippen molar-refractivity contribution in [2.24, 2.45) is 0 Å². The summed E-state index contributed by atoms with van der Waals surface area (Å²) in [5, 5.41) is 16.4. The second-order valence-electron chi connectivity index (χ2n) is 6.21. The van der Waals surface area contributed by atoms with E-state index >= 15 is 0 Å². The van der Waals surface area contributed by atoms with Crippen molar-refractivity contribution in [3.63, 3.8) is 0 Å². The molecular weight excluding hydrogens is 365 g/mol. The number of urea groups is 1. The Bertz CT molecular complexity index is 857. The first kappa shape index (κ1) is 20.9. The molecule has 0 aliphatic rings. The van der Waals surface area contributed by atoms with Crippen LogP contribution in [0.3, 0.4) is 0 Å². The van der Waals surface area contributed by atoms with Crippen LogP contribution >= 0.6 is 0 Å². The van der Waals surface area contributed by atoms with Crippen molar-refractivity contribution in [1.29, 1.82) is 0 Å². The lowest BCUT2D eigenvalue weighted by molar-refractivity contribution is -0.136. The average molecular weight is 387 g/mol. The lowest BCUT2D eigenvalue weighted by Gasteiger charge is -2.16. The number of carboxylic acid groups (broad SMARTS) is 1. The second-order valence-corrected chi connectivity index (χ2v) is 6.21. The minimum atomic E-state index is -0.993. The highest BCUT2D eigenvalue weighted by molar-refractivity contribution is 5.92. The molecule has 0 fully saturated rings. The minimum Gasteiger partial charge on any atom is -0.481 e. The van der Waals surface area contributed by atoms with Crippen molar-refractivity contribution in [1.82, 2.24) is 10.6 Å². The largest absolute Gasteiger partial charge is 0.481 e. The molecule has 4 N–H and O–H groups in total. The topological polar surface area (TPSA) is 108 Å². The Morgan fingerprint density at radius 1 is 1.11 bits per heavy atom. The fraction of sp³-hybridized carbons (Fsp3) is 0.250. The summed E-state index contributed by atoms with van der Waals surface area (Å²) in [6.45, 7) is 1.79. The fourth-order valence-corrected chi connectivity index (χ4v) is 2.52. The first-order valence-electron chi connectivity index (χ1n) is 8.74. The maximum absolute atomic E-state index is 13.7. The van der Waals surface area contributed by atoms with Crippen LogP contribution in [-0.2, 0) is 16.0 Å². The van der Waals surface area contributed by atoms with Crippen LogP contribution < -0.4 is 16.0 Å². The zero-order valence-corrected chi connectivity index (χ0v) is 15.4. The van der Waals surface area contributed by atoms with Gasteiger partial charge in [0.15, 0.2) is 0 Å². The van der Waals surface area contributed by atoms with Gasteiger partial charge in [-0.2, -0.15) is 0 Å². The summed E-state index contributed by atoms with van der Waals surface area (Å²) >= 11 is 0. The molecule has 0 bridgehead atoms. The zero-order chi connectivity index (χ0) is 20.5. The van der Waals surface area contributed by atoms with Crippen molar-refractivity contribution in [2.75, 3.05) is 11.9 Å². The minimum absolute atomic E-state index is 0.0278. The van der Waals surface area contributed by atoms with Crippen molar-refractivity contribution < 1.29 is 23.9 Å². The Labute approximate surface area is 162 Å². The number of hydrogen-bond acceptors (Lipinski definition) is 3.